The highest BCUT2D eigenvalue weighted by atomic mass is 32.0. The first-order chi connectivity index (χ1) is 20.9. The summed E-state index contributed by atoms with van der Waals surface area (Å²) in [5, 5.41) is 0. The van der Waals surface area contributed by atoms with E-state index in [1.807, 2.05) is 0 Å². The van der Waals surface area contributed by atoms with Crippen LogP contribution in [-0.2, 0) is 0 Å². The first-order valence-corrected chi connectivity index (χ1v) is 24.3. The molecule has 42 heavy (non-hydrogen) atoms. The van der Waals surface area contributed by atoms with Crippen LogP contribution in [0.3, 0.4) is 0 Å². The molecule has 2 unspecified atom stereocenters. The van der Waals surface area contributed by atoms with Crippen LogP contribution in [0, 0.1) is 0 Å². The molecule has 0 aromatic rings. The maximum absolute atomic E-state index is 2.31. The SMILES string of the molecule is CCCCCCCCCCCCCCCCCCCCP[PH2+]CCCCCCCCCCCCCCCCCCCC. The minimum absolute atomic E-state index is 0.793. The van der Waals surface area contributed by atoms with Crippen molar-refractivity contribution in [2.75, 3.05) is 12.3 Å². The Morgan fingerprint density at radius 2 is 0.476 bits per heavy atom. The second-order valence-electron chi connectivity index (χ2n) is 14.0. The third kappa shape index (κ3) is 40.9. The lowest BCUT2D eigenvalue weighted by atomic mass is 10.0. The zero-order valence-electron chi connectivity index (χ0n) is 29.9. The van der Waals surface area contributed by atoms with Crippen molar-refractivity contribution in [3.05, 3.63) is 0 Å². The van der Waals surface area contributed by atoms with Gasteiger partial charge in [-0.15, -0.1) is 0 Å². The molecular weight excluding hydrogens is 542 g/mol. The molecule has 0 fully saturated rings. The quantitative estimate of drug-likeness (QED) is 0.0470. The van der Waals surface area contributed by atoms with Gasteiger partial charge >= 0.3 is 0 Å². The van der Waals surface area contributed by atoms with E-state index in [2.05, 4.69) is 13.8 Å². The van der Waals surface area contributed by atoms with Crippen LogP contribution in [0.4, 0.5) is 0 Å². The van der Waals surface area contributed by atoms with Crippen LogP contribution in [0.25, 0.3) is 0 Å². The smallest absolute Gasteiger partial charge is 0.0569 e. The van der Waals surface area contributed by atoms with Crippen molar-refractivity contribution in [3.8, 4) is 0 Å². The fraction of sp³-hybridized carbons (Fsp3) is 1.00. The molecule has 0 aromatic carbocycles. The summed E-state index contributed by atoms with van der Waals surface area (Å²) in [5.74, 6) is 0. The van der Waals surface area contributed by atoms with Gasteiger partial charge in [-0.1, -0.05) is 226 Å². The van der Waals surface area contributed by atoms with Gasteiger partial charge in [-0.05, 0) is 25.4 Å². The van der Waals surface area contributed by atoms with E-state index in [-0.39, 0.29) is 0 Å². The van der Waals surface area contributed by atoms with Gasteiger partial charge in [-0.3, -0.25) is 0 Å². The molecule has 254 valence electrons. The van der Waals surface area contributed by atoms with Crippen LogP contribution in [0.1, 0.15) is 245 Å². The third-order valence-corrected chi connectivity index (χ3v) is 13.7. The lowest BCUT2D eigenvalue weighted by molar-refractivity contribution is 0.526. The maximum atomic E-state index is 2.31. The highest BCUT2D eigenvalue weighted by molar-refractivity contribution is 8.11. The molecule has 0 aliphatic heterocycles. The van der Waals surface area contributed by atoms with Crippen molar-refractivity contribution >= 4 is 16.5 Å². The van der Waals surface area contributed by atoms with Crippen molar-refractivity contribution in [1.29, 1.82) is 0 Å². The molecule has 2 heteroatoms. The Bertz CT molecular complexity index is 397. The average molecular weight is 628 g/mol. The standard InChI is InChI=1S/C40H84P2/c1-3-5-7-9-11-13-15-17-19-21-23-25-27-29-31-33-35-37-39-41-42-40-38-36-34-32-30-28-26-24-22-20-18-16-14-12-10-8-6-4-2/h41-42H,3-40H2,1-2H3/p+1. The van der Waals surface area contributed by atoms with Crippen molar-refractivity contribution in [2.45, 2.75) is 245 Å². The molecule has 0 aliphatic rings. The van der Waals surface area contributed by atoms with Gasteiger partial charge in [0.15, 0.2) is 0 Å². The summed E-state index contributed by atoms with van der Waals surface area (Å²) in [6.07, 6.45) is 56.8. The van der Waals surface area contributed by atoms with Crippen molar-refractivity contribution in [2.24, 2.45) is 0 Å². The summed E-state index contributed by atoms with van der Waals surface area (Å²) in [4.78, 5) is 0. The fourth-order valence-corrected chi connectivity index (χ4v) is 10.3. The molecule has 0 N–H and O–H groups in total. The van der Waals surface area contributed by atoms with Gasteiger partial charge in [-0.2, -0.15) is 0 Å². The summed E-state index contributed by atoms with van der Waals surface area (Å²) in [5.41, 5.74) is 0. The molecule has 0 saturated carbocycles. The number of unbranched alkanes of at least 4 members (excludes halogenated alkanes) is 34. The van der Waals surface area contributed by atoms with Gasteiger partial charge < -0.3 is 0 Å². The number of hydrogen-bond donors (Lipinski definition) is 0. The Labute approximate surface area is 273 Å². The number of hydrogen-bond acceptors (Lipinski definition) is 0. The van der Waals surface area contributed by atoms with Crippen LogP contribution >= 0.6 is 16.5 Å². The Morgan fingerprint density at radius 1 is 0.262 bits per heavy atom. The van der Waals surface area contributed by atoms with E-state index in [1.54, 1.807) is 18.7 Å². The van der Waals surface area contributed by atoms with Gasteiger partial charge in [-0.25, -0.2) is 0 Å². The molecule has 0 saturated heterocycles. The van der Waals surface area contributed by atoms with E-state index in [1.165, 1.54) is 233 Å². The van der Waals surface area contributed by atoms with Gasteiger partial charge in [0.1, 0.15) is 0 Å². The van der Waals surface area contributed by atoms with Crippen LogP contribution in [0.5, 0.6) is 0 Å². The predicted molar refractivity (Wildman–Crippen MR) is 205 cm³/mol. The summed E-state index contributed by atoms with van der Waals surface area (Å²) >= 11 is 0. The predicted octanol–water partition coefficient (Wildman–Crippen LogP) is 16.1. The molecule has 0 heterocycles. The van der Waals surface area contributed by atoms with E-state index >= 15 is 0 Å². The lowest BCUT2D eigenvalue weighted by Crippen LogP contribution is -1.84. The Morgan fingerprint density at radius 3 is 0.738 bits per heavy atom. The summed E-state index contributed by atoms with van der Waals surface area (Å²) in [6.45, 7) is 4.62. The van der Waals surface area contributed by atoms with Crippen molar-refractivity contribution in [3.63, 3.8) is 0 Å². The van der Waals surface area contributed by atoms with Crippen molar-refractivity contribution < 1.29 is 0 Å². The van der Waals surface area contributed by atoms with Gasteiger partial charge in [0.25, 0.3) is 0 Å². The largest absolute Gasteiger partial charge is 0.0654 e. The van der Waals surface area contributed by atoms with Crippen LogP contribution in [-0.4, -0.2) is 12.3 Å². The third-order valence-electron chi connectivity index (χ3n) is 9.52. The molecule has 0 aliphatic carbocycles. The summed E-state index contributed by atoms with van der Waals surface area (Å²) in [6, 6.07) is 0. The Balaban J connectivity index is 3.02. The van der Waals surface area contributed by atoms with Gasteiger partial charge in [0, 0.05) is 16.5 Å². The van der Waals surface area contributed by atoms with Crippen LogP contribution in [0.2, 0.25) is 0 Å². The second kappa shape index (κ2) is 41.9. The Hall–Kier alpha value is 0.860. The minimum Gasteiger partial charge on any atom is -0.0654 e. The first-order valence-electron chi connectivity index (χ1n) is 20.5. The maximum Gasteiger partial charge on any atom is 0.0569 e. The minimum atomic E-state index is 0.793. The van der Waals surface area contributed by atoms with E-state index in [0.29, 0.717) is 0 Å². The summed E-state index contributed by atoms with van der Waals surface area (Å²) < 4.78 is 0. The van der Waals surface area contributed by atoms with E-state index in [4.69, 9.17) is 0 Å². The van der Waals surface area contributed by atoms with Crippen molar-refractivity contribution in [1.82, 2.24) is 0 Å². The van der Waals surface area contributed by atoms with E-state index in [0.717, 1.165) is 8.27 Å². The average Bonchev–Trinajstić information content (AvgIpc) is 3.00. The molecule has 0 nitrogen and oxygen atoms in total. The lowest BCUT2D eigenvalue weighted by Gasteiger charge is -2.04. The molecule has 0 rings (SSSR count). The van der Waals surface area contributed by atoms with E-state index in [9.17, 15) is 0 Å². The normalized spacial score (nSPS) is 12.1. The molecule has 0 aromatic heterocycles. The molecular formula is C40H85P2+. The van der Waals surface area contributed by atoms with Crippen LogP contribution in [0.15, 0.2) is 0 Å². The highest BCUT2D eigenvalue weighted by Gasteiger charge is 1.99. The highest BCUT2D eigenvalue weighted by Crippen LogP contribution is 2.38. The molecule has 2 atom stereocenters. The Kier molecular flexibility index (Phi) is 42.7. The molecule has 0 bridgehead atoms. The summed E-state index contributed by atoms with van der Waals surface area (Å²) in [7, 11) is 2.13. The van der Waals surface area contributed by atoms with Gasteiger partial charge in [0.2, 0.25) is 0 Å². The number of rotatable bonds is 39. The van der Waals surface area contributed by atoms with Crippen LogP contribution < -0.4 is 0 Å². The fourth-order valence-electron chi connectivity index (χ4n) is 6.48. The zero-order chi connectivity index (χ0) is 30.3. The molecule has 0 amide bonds. The van der Waals surface area contributed by atoms with Gasteiger partial charge in [0.05, 0.1) is 6.16 Å². The zero-order valence-corrected chi connectivity index (χ0v) is 32.1. The first kappa shape index (κ1) is 42.9. The monoisotopic (exact) mass is 628 g/mol. The molecule has 0 radical (unpaired) electrons. The molecule has 0 spiro atoms. The van der Waals surface area contributed by atoms with E-state index < -0.39 is 0 Å². The second-order valence-corrected chi connectivity index (χ2v) is 18.3. The topological polar surface area (TPSA) is 0 Å².